The lowest BCUT2D eigenvalue weighted by Gasteiger charge is -2.46. The number of nitrogens with two attached hydrogens (primary N) is 1. The minimum absolute atomic E-state index is 0.0952. The van der Waals surface area contributed by atoms with Crippen LogP contribution >= 0.6 is 0 Å². The first-order valence-electron chi connectivity index (χ1n) is 7.57. The Morgan fingerprint density at radius 1 is 1.32 bits per heavy atom. The monoisotopic (exact) mass is 261 g/mol. The van der Waals surface area contributed by atoms with E-state index in [4.69, 9.17) is 5.73 Å². The summed E-state index contributed by atoms with van der Waals surface area (Å²) in [7, 11) is 0. The lowest BCUT2D eigenvalue weighted by molar-refractivity contribution is 0.0543. The van der Waals surface area contributed by atoms with Crippen LogP contribution in [0.2, 0.25) is 0 Å². The quantitative estimate of drug-likeness (QED) is 0.886. The van der Waals surface area contributed by atoms with Gasteiger partial charge in [0.15, 0.2) is 0 Å². The van der Waals surface area contributed by atoms with Crippen LogP contribution in [0.4, 0.5) is 0 Å². The molecule has 0 aromatic carbocycles. The average molecular weight is 261 g/mol. The fourth-order valence-electron chi connectivity index (χ4n) is 3.09. The van der Waals surface area contributed by atoms with Crippen molar-refractivity contribution in [3.05, 3.63) is 30.1 Å². The van der Waals surface area contributed by atoms with Gasteiger partial charge in [0.25, 0.3) is 0 Å². The second kappa shape index (κ2) is 6.49. The highest BCUT2D eigenvalue weighted by atomic mass is 15.2. The molecule has 106 valence electrons. The van der Waals surface area contributed by atoms with Gasteiger partial charge in [0.1, 0.15) is 0 Å². The number of hydrogen-bond donors (Lipinski definition) is 1. The van der Waals surface area contributed by atoms with Crippen molar-refractivity contribution in [2.45, 2.75) is 57.5 Å². The van der Waals surface area contributed by atoms with E-state index in [0.717, 1.165) is 18.5 Å². The molecule has 1 fully saturated rings. The van der Waals surface area contributed by atoms with E-state index in [-0.39, 0.29) is 11.6 Å². The molecule has 3 nitrogen and oxygen atoms in total. The van der Waals surface area contributed by atoms with Crippen molar-refractivity contribution in [2.75, 3.05) is 13.1 Å². The van der Waals surface area contributed by atoms with Crippen LogP contribution in [0.5, 0.6) is 0 Å². The Balaban J connectivity index is 2.06. The molecule has 1 aliphatic rings. The molecule has 3 heteroatoms. The molecule has 2 unspecified atom stereocenters. The van der Waals surface area contributed by atoms with Gasteiger partial charge in [-0.05, 0) is 51.4 Å². The first-order valence-corrected chi connectivity index (χ1v) is 7.57. The van der Waals surface area contributed by atoms with Crippen LogP contribution in [0.25, 0.3) is 0 Å². The summed E-state index contributed by atoms with van der Waals surface area (Å²) in [6, 6.07) is 6.22. The number of rotatable bonds is 5. The fourth-order valence-corrected chi connectivity index (χ4v) is 3.09. The third kappa shape index (κ3) is 3.34. The highest BCUT2D eigenvalue weighted by molar-refractivity contribution is 5.08. The summed E-state index contributed by atoms with van der Waals surface area (Å²) in [5.74, 6) is 0. The molecule has 2 N–H and O–H groups in total. The summed E-state index contributed by atoms with van der Waals surface area (Å²) in [5.41, 5.74) is 7.74. The standard InChI is InChI=1S/C16H27N3/c1-3-16(2,19-11-7-4-8-12-19)15(17)13-14-9-5-6-10-18-14/h5-6,9-10,15H,3-4,7-8,11-13,17H2,1-2H3. The maximum atomic E-state index is 6.54. The van der Waals surface area contributed by atoms with E-state index < -0.39 is 0 Å². The van der Waals surface area contributed by atoms with Gasteiger partial charge in [0.05, 0.1) is 0 Å². The van der Waals surface area contributed by atoms with Gasteiger partial charge in [0, 0.05) is 29.9 Å². The maximum absolute atomic E-state index is 6.54. The van der Waals surface area contributed by atoms with Gasteiger partial charge >= 0.3 is 0 Å². The molecule has 0 bridgehead atoms. The molecule has 0 spiro atoms. The van der Waals surface area contributed by atoms with Gasteiger partial charge in [-0.15, -0.1) is 0 Å². The molecular formula is C16H27N3. The molecule has 1 aliphatic heterocycles. The van der Waals surface area contributed by atoms with Gasteiger partial charge in [-0.1, -0.05) is 19.4 Å². The highest BCUT2D eigenvalue weighted by Gasteiger charge is 2.36. The molecule has 0 saturated carbocycles. The lowest BCUT2D eigenvalue weighted by Crippen LogP contribution is -2.59. The number of likely N-dealkylation sites (tertiary alicyclic amines) is 1. The SMILES string of the molecule is CCC(C)(C(N)Cc1ccccn1)N1CCCCC1. The Morgan fingerprint density at radius 2 is 2.05 bits per heavy atom. The van der Waals surface area contributed by atoms with Crippen molar-refractivity contribution >= 4 is 0 Å². The van der Waals surface area contributed by atoms with E-state index in [9.17, 15) is 0 Å². The molecule has 1 aromatic rings. The molecule has 1 saturated heterocycles. The molecule has 0 aliphatic carbocycles. The van der Waals surface area contributed by atoms with Crippen LogP contribution in [0, 0.1) is 0 Å². The summed E-state index contributed by atoms with van der Waals surface area (Å²) in [6.45, 7) is 6.97. The number of nitrogens with zero attached hydrogens (tertiary/aromatic N) is 2. The first kappa shape index (κ1) is 14.5. The predicted octanol–water partition coefficient (Wildman–Crippen LogP) is 2.61. The number of piperidine rings is 1. The normalized spacial score (nSPS) is 21.8. The van der Waals surface area contributed by atoms with Crippen molar-refractivity contribution in [1.82, 2.24) is 9.88 Å². The molecule has 2 atom stereocenters. The third-order valence-corrected chi connectivity index (χ3v) is 4.75. The van der Waals surface area contributed by atoms with Crippen LogP contribution in [-0.2, 0) is 6.42 Å². The Kier molecular flexibility index (Phi) is 4.94. The molecule has 0 amide bonds. The van der Waals surface area contributed by atoms with Gasteiger partial charge < -0.3 is 5.73 Å². The molecule has 2 heterocycles. The van der Waals surface area contributed by atoms with E-state index in [1.165, 1.54) is 32.4 Å². The lowest BCUT2D eigenvalue weighted by atomic mass is 9.83. The molecule has 1 aromatic heterocycles. The summed E-state index contributed by atoms with van der Waals surface area (Å²) in [6.07, 6.45) is 7.80. The van der Waals surface area contributed by atoms with Gasteiger partial charge in [-0.2, -0.15) is 0 Å². The van der Waals surface area contributed by atoms with Crippen LogP contribution in [-0.4, -0.2) is 34.6 Å². The zero-order chi connectivity index (χ0) is 13.7. The smallest absolute Gasteiger partial charge is 0.0419 e. The maximum Gasteiger partial charge on any atom is 0.0419 e. The second-order valence-electron chi connectivity index (χ2n) is 5.89. The minimum atomic E-state index is 0.0952. The van der Waals surface area contributed by atoms with Crippen LogP contribution in [0.1, 0.15) is 45.2 Å². The Labute approximate surface area is 117 Å². The van der Waals surface area contributed by atoms with Gasteiger partial charge in [-0.3, -0.25) is 9.88 Å². The van der Waals surface area contributed by atoms with Gasteiger partial charge in [0.2, 0.25) is 0 Å². The minimum Gasteiger partial charge on any atom is -0.326 e. The third-order valence-electron chi connectivity index (χ3n) is 4.75. The summed E-state index contributed by atoms with van der Waals surface area (Å²) < 4.78 is 0. The van der Waals surface area contributed by atoms with E-state index in [0.29, 0.717) is 0 Å². The number of hydrogen-bond acceptors (Lipinski definition) is 3. The van der Waals surface area contributed by atoms with Crippen LogP contribution in [0.3, 0.4) is 0 Å². The summed E-state index contributed by atoms with van der Waals surface area (Å²) in [5, 5.41) is 0. The molecule has 0 radical (unpaired) electrons. The van der Waals surface area contributed by atoms with Crippen LogP contribution < -0.4 is 5.73 Å². The molecule has 19 heavy (non-hydrogen) atoms. The van der Waals surface area contributed by atoms with E-state index in [2.05, 4.69) is 29.8 Å². The van der Waals surface area contributed by atoms with E-state index in [1.807, 2.05) is 18.3 Å². The van der Waals surface area contributed by atoms with Crippen molar-refractivity contribution in [3.63, 3.8) is 0 Å². The Bertz CT molecular complexity index is 373. The Hall–Kier alpha value is -0.930. The summed E-state index contributed by atoms with van der Waals surface area (Å²) >= 11 is 0. The summed E-state index contributed by atoms with van der Waals surface area (Å²) in [4.78, 5) is 7.01. The van der Waals surface area contributed by atoms with Crippen LogP contribution in [0.15, 0.2) is 24.4 Å². The number of aromatic nitrogens is 1. The zero-order valence-corrected chi connectivity index (χ0v) is 12.3. The average Bonchev–Trinajstić information content (AvgIpc) is 2.48. The first-order chi connectivity index (χ1) is 9.16. The van der Waals surface area contributed by atoms with E-state index in [1.54, 1.807) is 0 Å². The predicted molar refractivity (Wildman–Crippen MR) is 80.0 cm³/mol. The fraction of sp³-hybridized carbons (Fsp3) is 0.688. The molecular weight excluding hydrogens is 234 g/mol. The van der Waals surface area contributed by atoms with Crippen molar-refractivity contribution < 1.29 is 0 Å². The zero-order valence-electron chi connectivity index (χ0n) is 12.3. The van der Waals surface area contributed by atoms with Crippen molar-refractivity contribution in [1.29, 1.82) is 0 Å². The van der Waals surface area contributed by atoms with Gasteiger partial charge in [-0.25, -0.2) is 0 Å². The Morgan fingerprint density at radius 3 is 2.63 bits per heavy atom. The second-order valence-corrected chi connectivity index (χ2v) is 5.89. The largest absolute Gasteiger partial charge is 0.326 e. The number of pyridine rings is 1. The van der Waals surface area contributed by atoms with E-state index >= 15 is 0 Å². The molecule has 2 rings (SSSR count). The van der Waals surface area contributed by atoms with Crippen molar-refractivity contribution in [3.8, 4) is 0 Å². The highest BCUT2D eigenvalue weighted by Crippen LogP contribution is 2.27. The topological polar surface area (TPSA) is 42.1 Å². The van der Waals surface area contributed by atoms with Crippen molar-refractivity contribution in [2.24, 2.45) is 5.73 Å².